The molecule has 0 aromatic carbocycles. The molecule has 0 aromatic rings. The van der Waals surface area contributed by atoms with E-state index < -0.39 is 0 Å². The molecule has 1 atom stereocenters. The summed E-state index contributed by atoms with van der Waals surface area (Å²) in [7, 11) is 0. The lowest BCUT2D eigenvalue weighted by atomic mass is 10.1. The number of guanidine groups is 2. The van der Waals surface area contributed by atoms with Crippen LogP contribution >= 0.6 is 0 Å². The van der Waals surface area contributed by atoms with Gasteiger partial charge in [0.15, 0.2) is 11.9 Å². The number of nitrogens with one attached hydrogen (secondary N) is 2. The van der Waals surface area contributed by atoms with Gasteiger partial charge in [-0.3, -0.25) is 10.4 Å². The van der Waals surface area contributed by atoms with Crippen LogP contribution in [0.25, 0.3) is 0 Å². The fraction of sp³-hybridized carbons (Fsp3) is 0.882. The SMILES string of the molecule is CCCCCCCN1CCN(CCCC[C@H]2CN=C(N)N2)C1=N. The first-order chi connectivity index (χ1) is 11.2. The lowest BCUT2D eigenvalue weighted by molar-refractivity contribution is 0.424. The zero-order chi connectivity index (χ0) is 16.5. The van der Waals surface area contributed by atoms with Crippen LogP contribution in [0.2, 0.25) is 0 Å². The van der Waals surface area contributed by atoms with Crippen molar-refractivity contribution in [2.45, 2.75) is 64.3 Å². The van der Waals surface area contributed by atoms with Crippen LogP contribution in [0.4, 0.5) is 0 Å². The van der Waals surface area contributed by atoms with E-state index in [9.17, 15) is 0 Å². The third-order valence-corrected chi connectivity index (χ3v) is 4.84. The number of nitrogens with two attached hydrogens (primary N) is 1. The maximum Gasteiger partial charge on any atom is 0.193 e. The van der Waals surface area contributed by atoms with Crippen LogP contribution in [0.5, 0.6) is 0 Å². The van der Waals surface area contributed by atoms with Crippen molar-refractivity contribution in [2.24, 2.45) is 10.7 Å². The van der Waals surface area contributed by atoms with Crippen LogP contribution < -0.4 is 11.1 Å². The molecule has 4 N–H and O–H groups in total. The van der Waals surface area contributed by atoms with E-state index in [1.807, 2.05) is 0 Å². The Kier molecular flexibility index (Phi) is 7.49. The third-order valence-electron chi connectivity index (χ3n) is 4.84. The predicted octanol–water partition coefficient (Wildman–Crippen LogP) is 1.97. The second-order valence-electron chi connectivity index (χ2n) is 6.77. The molecule has 2 aliphatic heterocycles. The molecule has 0 amide bonds. The van der Waals surface area contributed by atoms with E-state index in [1.165, 1.54) is 38.5 Å². The zero-order valence-corrected chi connectivity index (χ0v) is 14.7. The first-order valence-electron chi connectivity index (χ1n) is 9.35. The highest BCUT2D eigenvalue weighted by Crippen LogP contribution is 2.13. The van der Waals surface area contributed by atoms with E-state index in [-0.39, 0.29) is 0 Å². The van der Waals surface area contributed by atoms with Gasteiger partial charge in [0.2, 0.25) is 0 Å². The largest absolute Gasteiger partial charge is 0.370 e. The maximum absolute atomic E-state index is 8.31. The van der Waals surface area contributed by atoms with Crippen molar-refractivity contribution in [1.29, 1.82) is 5.41 Å². The van der Waals surface area contributed by atoms with E-state index in [0.717, 1.165) is 51.5 Å². The highest BCUT2D eigenvalue weighted by atomic mass is 15.4. The molecule has 2 rings (SSSR count). The number of hydrogen-bond acceptors (Lipinski definition) is 4. The number of unbranched alkanes of at least 4 members (excludes halogenated alkanes) is 5. The lowest BCUT2D eigenvalue weighted by Gasteiger charge is -2.22. The molecule has 2 aliphatic rings. The lowest BCUT2D eigenvalue weighted by Crippen LogP contribution is -2.35. The average Bonchev–Trinajstić information content (AvgIpc) is 3.11. The van der Waals surface area contributed by atoms with Crippen LogP contribution in [0.1, 0.15) is 58.3 Å². The topological polar surface area (TPSA) is 80.7 Å². The quantitative estimate of drug-likeness (QED) is 0.508. The maximum atomic E-state index is 8.31. The summed E-state index contributed by atoms with van der Waals surface area (Å²) in [4.78, 5) is 8.66. The summed E-state index contributed by atoms with van der Waals surface area (Å²) in [6.07, 6.45) is 9.93. The van der Waals surface area contributed by atoms with Crippen LogP contribution in [0, 0.1) is 5.41 Å². The van der Waals surface area contributed by atoms with E-state index in [2.05, 4.69) is 27.0 Å². The van der Waals surface area contributed by atoms with Crippen molar-refractivity contribution in [3.63, 3.8) is 0 Å². The number of hydrogen-bond donors (Lipinski definition) is 3. The van der Waals surface area contributed by atoms with Gasteiger partial charge >= 0.3 is 0 Å². The average molecular weight is 323 g/mol. The summed E-state index contributed by atoms with van der Waals surface area (Å²) in [5.74, 6) is 1.33. The molecule has 23 heavy (non-hydrogen) atoms. The van der Waals surface area contributed by atoms with Gasteiger partial charge in [-0.25, -0.2) is 0 Å². The highest BCUT2D eigenvalue weighted by Gasteiger charge is 2.24. The Morgan fingerprint density at radius 1 is 1.09 bits per heavy atom. The third kappa shape index (κ3) is 5.92. The molecule has 0 unspecified atom stereocenters. The predicted molar refractivity (Wildman–Crippen MR) is 96.9 cm³/mol. The van der Waals surface area contributed by atoms with Gasteiger partial charge in [-0.15, -0.1) is 0 Å². The van der Waals surface area contributed by atoms with Crippen LogP contribution in [-0.2, 0) is 0 Å². The molecule has 0 bridgehead atoms. The van der Waals surface area contributed by atoms with Gasteiger partial charge in [0.05, 0.1) is 6.54 Å². The molecule has 2 heterocycles. The minimum atomic E-state index is 0.424. The van der Waals surface area contributed by atoms with E-state index in [0.29, 0.717) is 12.0 Å². The zero-order valence-electron chi connectivity index (χ0n) is 14.7. The Balaban J connectivity index is 1.52. The summed E-state index contributed by atoms with van der Waals surface area (Å²) in [5.41, 5.74) is 5.63. The smallest absolute Gasteiger partial charge is 0.193 e. The first-order valence-corrected chi connectivity index (χ1v) is 9.35. The summed E-state index contributed by atoms with van der Waals surface area (Å²) >= 11 is 0. The molecule has 6 heteroatoms. The van der Waals surface area contributed by atoms with E-state index >= 15 is 0 Å². The molecular weight excluding hydrogens is 288 g/mol. The summed E-state index contributed by atoms with van der Waals surface area (Å²) in [6, 6.07) is 0.424. The Hall–Kier alpha value is -1.46. The Labute approximate surface area is 141 Å². The number of aliphatic imine (C=N–C) groups is 1. The Morgan fingerprint density at radius 3 is 2.35 bits per heavy atom. The summed E-state index contributed by atoms with van der Waals surface area (Å²) < 4.78 is 0. The van der Waals surface area contributed by atoms with E-state index in [1.54, 1.807) is 0 Å². The van der Waals surface area contributed by atoms with Crippen molar-refractivity contribution in [1.82, 2.24) is 15.1 Å². The molecule has 132 valence electrons. The molecule has 1 saturated heterocycles. The van der Waals surface area contributed by atoms with Crippen molar-refractivity contribution in [3.8, 4) is 0 Å². The van der Waals surface area contributed by atoms with Crippen molar-refractivity contribution in [2.75, 3.05) is 32.7 Å². The van der Waals surface area contributed by atoms with Gasteiger partial charge in [0.1, 0.15) is 0 Å². The standard InChI is InChI=1S/C17H34N6/c1-2-3-4-5-7-10-22-12-13-23(17(22)19)11-8-6-9-15-14-20-16(18)21-15/h15,19H,2-14H2,1H3,(H3,18,20,21)/t15-/m0/s1. The fourth-order valence-electron chi connectivity index (χ4n) is 3.36. The van der Waals surface area contributed by atoms with Gasteiger partial charge in [0, 0.05) is 32.2 Å². The van der Waals surface area contributed by atoms with E-state index in [4.69, 9.17) is 11.1 Å². The Morgan fingerprint density at radius 2 is 1.74 bits per heavy atom. The fourth-order valence-corrected chi connectivity index (χ4v) is 3.36. The normalized spacial score (nSPS) is 21.0. The van der Waals surface area contributed by atoms with Crippen molar-refractivity contribution < 1.29 is 0 Å². The van der Waals surface area contributed by atoms with Crippen LogP contribution in [0.3, 0.4) is 0 Å². The van der Waals surface area contributed by atoms with Crippen molar-refractivity contribution in [3.05, 3.63) is 0 Å². The molecule has 0 saturated carbocycles. The Bertz CT molecular complexity index is 395. The van der Waals surface area contributed by atoms with Gasteiger partial charge < -0.3 is 20.9 Å². The first kappa shape index (κ1) is 17.9. The van der Waals surface area contributed by atoms with Gasteiger partial charge in [-0.1, -0.05) is 32.6 Å². The minimum Gasteiger partial charge on any atom is -0.370 e. The molecule has 0 spiro atoms. The molecule has 1 fully saturated rings. The second-order valence-corrected chi connectivity index (χ2v) is 6.77. The molecule has 6 nitrogen and oxygen atoms in total. The monoisotopic (exact) mass is 322 g/mol. The molecule has 0 aromatic heterocycles. The summed E-state index contributed by atoms with van der Waals surface area (Å²) in [5, 5.41) is 11.5. The highest BCUT2D eigenvalue weighted by molar-refractivity contribution is 5.79. The summed E-state index contributed by atoms with van der Waals surface area (Å²) in [6.45, 7) is 7.18. The van der Waals surface area contributed by atoms with Gasteiger partial charge in [-0.2, -0.15) is 0 Å². The van der Waals surface area contributed by atoms with Crippen LogP contribution in [0.15, 0.2) is 4.99 Å². The number of nitrogens with zero attached hydrogens (tertiary/aromatic N) is 3. The van der Waals surface area contributed by atoms with Crippen LogP contribution in [-0.4, -0.2) is 60.5 Å². The second kappa shape index (κ2) is 9.63. The molecule has 0 radical (unpaired) electrons. The van der Waals surface area contributed by atoms with Gasteiger partial charge in [0.25, 0.3) is 0 Å². The number of rotatable bonds is 11. The van der Waals surface area contributed by atoms with Gasteiger partial charge in [-0.05, 0) is 25.7 Å². The molecule has 0 aliphatic carbocycles. The van der Waals surface area contributed by atoms with Crippen molar-refractivity contribution >= 4 is 11.9 Å². The minimum absolute atomic E-state index is 0.424. The molecular formula is C17H34N6.